The number of aromatic hydroxyl groups is 2. The average molecular weight is 267 g/mol. The predicted octanol–water partition coefficient (Wildman–Crippen LogP) is 1.31. The molecule has 0 radical (unpaired) electrons. The molecule has 106 valence electrons. The number of benzene rings is 1. The molecule has 1 aromatic carbocycles. The molecule has 0 unspecified atom stereocenters. The molecule has 0 heterocycles. The normalized spacial score (nSPS) is 11.3. The summed E-state index contributed by atoms with van der Waals surface area (Å²) in [6.45, 7) is 4.63. The fourth-order valence-electron chi connectivity index (χ4n) is 1.96. The average Bonchev–Trinajstić information content (AvgIpc) is 2.32. The summed E-state index contributed by atoms with van der Waals surface area (Å²) in [7, 11) is 4.25. The van der Waals surface area contributed by atoms with Gasteiger partial charge in [-0.3, -0.25) is 4.79 Å². The molecular formula is C14H23N2O3+. The minimum absolute atomic E-state index is 0.225. The Morgan fingerprint density at radius 3 is 2.47 bits per heavy atom. The van der Waals surface area contributed by atoms with Gasteiger partial charge in [-0.05, 0) is 24.6 Å². The highest BCUT2D eigenvalue weighted by Gasteiger charge is 2.14. The Labute approximate surface area is 114 Å². The lowest BCUT2D eigenvalue weighted by molar-refractivity contribution is -0.889. The zero-order valence-corrected chi connectivity index (χ0v) is 11.8. The van der Waals surface area contributed by atoms with Crippen molar-refractivity contribution < 1.29 is 19.5 Å². The number of quaternary nitrogens is 1. The van der Waals surface area contributed by atoms with Gasteiger partial charge in [-0.15, -0.1) is 0 Å². The summed E-state index contributed by atoms with van der Waals surface area (Å²) in [6.07, 6.45) is 1.10. The number of likely N-dealkylation sites (N-methyl/N-ethyl adjacent to an activating group) is 1. The van der Waals surface area contributed by atoms with E-state index in [-0.39, 0.29) is 17.4 Å². The lowest BCUT2D eigenvalue weighted by Crippen LogP contribution is -2.45. The van der Waals surface area contributed by atoms with Crippen molar-refractivity contribution in [2.24, 2.45) is 0 Å². The largest absolute Gasteiger partial charge is 0.504 e. The van der Waals surface area contributed by atoms with E-state index < -0.39 is 0 Å². The van der Waals surface area contributed by atoms with Crippen molar-refractivity contribution in [3.63, 3.8) is 0 Å². The van der Waals surface area contributed by atoms with Crippen LogP contribution in [0.3, 0.4) is 0 Å². The minimum Gasteiger partial charge on any atom is -0.504 e. The Morgan fingerprint density at radius 1 is 1.21 bits per heavy atom. The number of hydrogen-bond donors (Lipinski definition) is 3. The summed E-state index contributed by atoms with van der Waals surface area (Å²) in [5.41, 5.74) is 0.344. The van der Waals surface area contributed by atoms with E-state index >= 15 is 0 Å². The molecule has 0 saturated heterocycles. The van der Waals surface area contributed by atoms with Crippen LogP contribution in [-0.2, 0) is 0 Å². The van der Waals surface area contributed by atoms with Crippen LogP contribution in [0.1, 0.15) is 23.7 Å². The van der Waals surface area contributed by atoms with E-state index in [0.717, 1.165) is 24.0 Å². The highest BCUT2D eigenvalue weighted by molar-refractivity contribution is 5.94. The number of carbonyl (C=O) groups excluding carboxylic acids is 1. The number of phenolic OH excluding ortho intramolecular Hbond substituents is 2. The third-order valence-corrected chi connectivity index (χ3v) is 3.07. The fourth-order valence-corrected chi connectivity index (χ4v) is 1.96. The standard InChI is InChI=1S/C14H22N2O3/c1-4-8-16(2,3)9-7-15-14(19)11-5-6-12(17)13(18)10-11/h5-6,10H,4,7-9H2,1-3H3,(H2-,15,17,18,19)/p+1. The molecule has 19 heavy (non-hydrogen) atoms. The molecule has 1 amide bonds. The van der Waals surface area contributed by atoms with Crippen LogP contribution in [0.4, 0.5) is 0 Å². The number of nitrogens with one attached hydrogen (secondary N) is 1. The lowest BCUT2D eigenvalue weighted by atomic mass is 10.2. The van der Waals surface area contributed by atoms with Crippen molar-refractivity contribution in [1.82, 2.24) is 5.32 Å². The molecule has 1 aromatic rings. The topological polar surface area (TPSA) is 69.6 Å². The van der Waals surface area contributed by atoms with Crippen molar-refractivity contribution in [1.29, 1.82) is 0 Å². The van der Waals surface area contributed by atoms with Gasteiger partial charge >= 0.3 is 0 Å². The summed E-state index contributed by atoms with van der Waals surface area (Å²) in [5, 5.41) is 21.3. The molecule has 0 aromatic heterocycles. The highest BCUT2D eigenvalue weighted by atomic mass is 16.3. The van der Waals surface area contributed by atoms with E-state index in [9.17, 15) is 15.0 Å². The van der Waals surface area contributed by atoms with E-state index in [1.807, 2.05) is 0 Å². The van der Waals surface area contributed by atoms with Crippen LogP contribution in [0.2, 0.25) is 0 Å². The van der Waals surface area contributed by atoms with Crippen molar-refractivity contribution >= 4 is 5.91 Å². The van der Waals surface area contributed by atoms with Crippen LogP contribution in [0.15, 0.2) is 18.2 Å². The molecule has 3 N–H and O–H groups in total. The number of amides is 1. The van der Waals surface area contributed by atoms with E-state index in [4.69, 9.17) is 0 Å². The van der Waals surface area contributed by atoms with Gasteiger partial charge < -0.3 is 20.0 Å². The molecule has 5 nitrogen and oxygen atoms in total. The van der Waals surface area contributed by atoms with Crippen LogP contribution in [0.5, 0.6) is 11.5 Å². The Kier molecular flexibility index (Phi) is 5.18. The van der Waals surface area contributed by atoms with Gasteiger partial charge in [-0.2, -0.15) is 0 Å². The Bertz CT molecular complexity index is 444. The van der Waals surface area contributed by atoms with Crippen LogP contribution >= 0.6 is 0 Å². The second-order valence-electron chi connectivity index (χ2n) is 5.34. The Hall–Kier alpha value is -1.75. The monoisotopic (exact) mass is 267 g/mol. The van der Waals surface area contributed by atoms with Gasteiger partial charge in [0.1, 0.15) is 0 Å². The first kappa shape index (κ1) is 15.3. The Morgan fingerprint density at radius 2 is 1.89 bits per heavy atom. The maximum atomic E-state index is 11.8. The van der Waals surface area contributed by atoms with Crippen molar-refractivity contribution in [3.8, 4) is 11.5 Å². The molecule has 0 aliphatic rings. The second kappa shape index (κ2) is 6.43. The van der Waals surface area contributed by atoms with Crippen LogP contribution in [0, 0.1) is 0 Å². The van der Waals surface area contributed by atoms with Crippen LogP contribution in [0.25, 0.3) is 0 Å². The van der Waals surface area contributed by atoms with Gasteiger partial charge in [0.2, 0.25) is 0 Å². The summed E-state index contributed by atoms with van der Waals surface area (Å²) in [5.74, 6) is -0.751. The predicted molar refractivity (Wildman–Crippen MR) is 74.2 cm³/mol. The van der Waals surface area contributed by atoms with Gasteiger partial charge in [0.05, 0.1) is 33.7 Å². The van der Waals surface area contributed by atoms with Crippen molar-refractivity contribution in [3.05, 3.63) is 23.8 Å². The number of hydrogen-bond acceptors (Lipinski definition) is 3. The molecule has 0 saturated carbocycles. The number of rotatable bonds is 6. The zero-order chi connectivity index (χ0) is 14.5. The molecule has 0 aliphatic heterocycles. The van der Waals surface area contributed by atoms with Gasteiger partial charge in [0.25, 0.3) is 5.91 Å². The number of carbonyl (C=O) groups is 1. The highest BCUT2D eigenvalue weighted by Crippen LogP contribution is 2.24. The first-order valence-electron chi connectivity index (χ1n) is 6.48. The van der Waals surface area contributed by atoms with E-state index in [1.54, 1.807) is 0 Å². The maximum absolute atomic E-state index is 11.8. The number of phenols is 2. The van der Waals surface area contributed by atoms with E-state index in [2.05, 4.69) is 26.3 Å². The van der Waals surface area contributed by atoms with Crippen LogP contribution in [-0.4, -0.2) is 54.3 Å². The first-order chi connectivity index (χ1) is 8.85. The quantitative estimate of drug-likeness (QED) is 0.538. The first-order valence-corrected chi connectivity index (χ1v) is 6.48. The molecule has 0 atom stereocenters. The molecule has 0 fully saturated rings. The Balaban J connectivity index is 2.49. The third-order valence-electron chi connectivity index (χ3n) is 3.07. The summed E-state index contributed by atoms with van der Waals surface area (Å²) in [4.78, 5) is 11.8. The molecule has 0 aliphatic carbocycles. The minimum atomic E-state index is -0.283. The molecule has 5 heteroatoms. The molecule has 1 rings (SSSR count). The van der Waals surface area contributed by atoms with Crippen molar-refractivity contribution in [2.45, 2.75) is 13.3 Å². The van der Waals surface area contributed by atoms with Gasteiger partial charge in [0, 0.05) is 5.56 Å². The molecule has 0 bridgehead atoms. The van der Waals surface area contributed by atoms with Gasteiger partial charge in [-0.1, -0.05) is 6.92 Å². The van der Waals surface area contributed by atoms with E-state index in [1.165, 1.54) is 18.2 Å². The second-order valence-corrected chi connectivity index (χ2v) is 5.34. The number of nitrogens with zero attached hydrogens (tertiary/aromatic N) is 1. The summed E-state index contributed by atoms with van der Waals surface area (Å²) in [6, 6.07) is 4.05. The van der Waals surface area contributed by atoms with E-state index in [0.29, 0.717) is 12.1 Å². The fraction of sp³-hybridized carbons (Fsp3) is 0.500. The lowest BCUT2D eigenvalue weighted by Gasteiger charge is -2.29. The molecular weight excluding hydrogens is 244 g/mol. The van der Waals surface area contributed by atoms with Gasteiger partial charge in [-0.25, -0.2) is 0 Å². The van der Waals surface area contributed by atoms with Gasteiger partial charge in [0.15, 0.2) is 11.5 Å². The maximum Gasteiger partial charge on any atom is 0.251 e. The summed E-state index contributed by atoms with van der Waals surface area (Å²) >= 11 is 0. The third kappa shape index (κ3) is 4.79. The summed E-state index contributed by atoms with van der Waals surface area (Å²) < 4.78 is 0.859. The van der Waals surface area contributed by atoms with Crippen molar-refractivity contribution in [2.75, 3.05) is 33.7 Å². The smallest absolute Gasteiger partial charge is 0.251 e. The van der Waals surface area contributed by atoms with Crippen LogP contribution < -0.4 is 5.32 Å². The molecule has 0 spiro atoms. The zero-order valence-electron chi connectivity index (χ0n) is 11.8. The SMILES string of the molecule is CCC[N+](C)(C)CCNC(=O)c1ccc(O)c(O)c1.